The number of imidazole rings is 3. The van der Waals surface area contributed by atoms with Gasteiger partial charge in [0, 0.05) is 188 Å². The molecule has 6 aliphatic rings. The summed E-state index contributed by atoms with van der Waals surface area (Å²) >= 11 is 11.5. The third-order valence-electron chi connectivity index (χ3n) is 23.0. The number of nitrogens with two attached hydrogens (primary N) is 2. The van der Waals surface area contributed by atoms with Crippen LogP contribution >= 0.6 is 73.5 Å². The fourth-order valence-corrected chi connectivity index (χ4v) is 22.5. The third kappa shape index (κ3) is 24.4. The van der Waals surface area contributed by atoms with Crippen LogP contribution in [0.4, 0.5) is 27.4 Å². The van der Waals surface area contributed by atoms with Gasteiger partial charge in [-0.3, -0.25) is 33.2 Å². The molecule has 0 unspecified atom stereocenters. The van der Waals surface area contributed by atoms with Crippen LogP contribution in [-0.4, -0.2) is 181 Å². The average Bonchev–Trinajstić information content (AvgIpc) is 1.56. The number of thiophene rings is 3. The van der Waals surface area contributed by atoms with E-state index in [0.29, 0.717) is 13.2 Å². The molecule has 3 aromatic carbocycles. The molecule has 0 saturated carbocycles. The second-order valence-electron chi connectivity index (χ2n) is 33.2. The summed E-state index contributed by atoms with van der Waals surface area (Å²) in [6.07, 6.45) is 24.3. The molecule has 2 amide bonds. The maximum atomic E-state index is 12.6. The van der Waals surface area contributed by atoms with E-state index < -0.39 is 17.3 Å². The summed E-state index contributed by atoms with van der Waals surface area (Å²) in [5, 5.41) is 58.1. The van der Waals surface area contributed by atoms with Crippen LogP contribution in [0.5, 0.6) is 0 Å². The first-order valence-electron chi connectivity index (χ1n) is 41.2. The van der Waals surface area contributed by atoms with Gasteiger partial charge in [0.2, 0.25) is 17.8 Å². The smallest absolute Gasteiger partial charge is 0.813 e. The Hall–Kier alpha value is -10.7. The Morgan fingerprint density at radius 2 is 0.895 bits per heavy atom. The van der Waals surface area contributed by atoms with Crippen molar-refractivity contribution in [1.82, 2.24) is 53.7 Å². The van der Waals surface area contributed by atoms with Gasteiger partial charge < -0.3 is 84.6 Å². The molecular weight excluding hydrogens is 1900 g/mol. The third-order valence-corrected chi connectivity index (χ3v) is 29.4. The van der Waals surface area contributed by atoms with Crippen LogP contribution in [-0.2, 0) is 37.2 Å². The Bertz CT molecular complexity index is 6250. The standard InChI is InChI=1S/C29H33N5O4S2.C24H25N5O2S2.C20H28N5O3.C9H5BrOS.CH4.H3N17.Na.H2S/c1-18-24(32-27(36)38-28(2,3)4)29(17-37-18)8-11-33(12-9-29)26-31-14-22(25-30-10-13-34(25)26)40-21-7-5-6-20-19(15-35)16-39-23(20)21;1-15-21(25)24(14-31-15)5-8-28(9-6-24)23-27-11-19(22-26-7-10-29(22)23)33-18-4-2-3-17-16(12-30)13-32-20(17)18;1-14-16(23-18(26)28-19(2,3)4)20(13-27-14)6-10-24(11-7-20)17-22-8-5-15-21-9-12-25(15)17;10-8-3-1-2-7-6(4-11)5-12-9(7)8;;1-3-5-7-9-11-13-15-17-16-14-12-10-8-6-4-2;;/h5-7,10,13-16,18,24H,8-9,11-12,17H2,1-4H3,(H,32,36);2-4,7,10-13,15,21H,5-6,8-9,14,25H2,1H3;8-9,12,14,16H,6-7,10-11,13H2,1-4H3,(H,23,26);1-5H;1H4;(H3,1,2,5,6,9,10,13,14,17);;1H2/q;;-1;;;;+1;/p-1/t18-,24+;15-,21+;14-,16+;;;;;/m000...../s1. The van der Waals surface area contributed by atoms with Crippen molar-refractivity contribution in [2.24, 2.45) is 106 Å². The predicted octanol–water partition coefficient (Wildman–Crippen LogP) is 15.8. The second kappa shape index (κ2) is 46.5. The van der Waals surface area contributed by atoms with Gasteiger partial charge in [-0.1, -0.05) is 72.6 Å². The summed E-state index contributed by atoms with van der Waals surface area (Å²) in [5.41, 5.74) is 16.2. The van der Waals surface area contributed by atoms with E-state index in [1.165, 1.54) is 0 Å². The summed E-state index contributed by atoms with van der Waals surface area (Å²) < 4.78 is 39.4. The van der Waals surface area contributed by atoms with E-state index >= 15 is 0 Å². The molecule has 696 valence electrons. The monoisotopic (exact) mass is 2000 g/mol. The molecule has 3 spiro atoms. The van der Waals surface area contributed by atoms with Crippen molar-refractivity contribution < 1.29 is 77.2 Å². The van der Waals surface area contributed by atoms with Gasteiger partial charge in [-0.15, -0.1) is 40.2 Å². The first-order valence-corrected chi connectivity index (χ1v) is 46.3. The summed E-state index contributed by atoms with van der Waals surface area (Å²) in [7, 11) is 0. The number of alkyl carbamates (subject to hydrolysis) is 2. The second-order valence-corrected chi connectivity index (χ2v) is 38.8. The van der Waals surface area contributed by atoms with E-state index in [4.69, 9.17) is 44.9 Å². The molecule has 42 nitrogen and oxygen atoms in total. The molecule has 9 aromatic heterocycles. The van der Waals surface area contributed by atoms with Crippen LogP contribution in [0.3, 0.4) is 0 Å². The molecule has 0 bridgehead atoms. The normalized spacial score (nSPS) is 19.8. The first-order chi connectivity index (χ1) is 62.8. The van der Waals surface area contributed by atoms with Crippen LogP contribution < -0.4 is 66.5 Å². The number of hydrogen-bond donors (Lipinski definition) is 5. The molecule has 0 radical (unpaired) electrons. The summed E-state index contributed by atoms with van der Waals surface area (Å²) in [6.45, 7) is 24.4. The van der Waals surface area contributed by atoms with Crippen molar-refractivity contribution in [2.45, 2.75) is 175 Å². The number of nitrogens with one attached hydrogen (secondary N) is 3. The molecule has 6 fully saturated rings. The number of anilines is 3. The Labute approximate surface area is 822 Å². The minimum Gasteiger partial charge on any atom is -0.813 e. The number of ether oxygens (including phenoxy) is 5. The number of amides is 2. The van der Waals surface area contributed by atoms with E-state index in [9.17, 15) is 24.0 Å². The van der Waals surface area contributed by atoms with Crippen LogP contribution in [0.15, 0.2) is 229 Å². The van der Waals surface area contributed by atoms with Gasteiger partial charge >= 0.3 is 41.7 Å². The Morgan fingerprint density at radius 1 is 0.526 bits per heavy atom. The van der Waals surface area contributed by atoms with Crippen LogP contribution in [0.25, 0.3) is 47.2 Å². The minimum absolute atomic E-state index is 0. The topological polar surface area (TPSA) is 517 Å². The number of fused-ring (bicyclic) bond motifs is 6. The van der Waals surface area contributed by atoms with Crippen molar-refractivity contribution >= 4 is 183 Å². The molecule has 12 aromatic rings. The Morgan fingerprint density at radius 3 is 1.30 bits per heavy atom. The summed E-state index contributed by atoms with van der Waals surface area (Å²) in [4.78, 5) is 97.2. The molecule has 7 N–H and O–H groups in total. The Balaban J connectivity index is 0.000000167. The predicted molar refractivity (Wildman–Crippen MR) is 506 cm³/mol. The molecular formula is C83H99BrN32NaO10S6-. The maximum absolute atomic E-state index is 12.6. The van der Waals surface area contributed by atoms with Crippen LogP contribution in [0.1, 0.15) is 139 Å². The van der Waals surface area contributed by atoms with E-state index in [0.717, 1.165) is 209 Å². The number of piperidine rings is 3. The van der Waals surface area contributed by atoms with Gasteiger partial charge in [0.05, 0.1) is 60.0 Å². The number of thiol groups is 1. The number of hydrogen-bond acceptors (Lipinski definition) is 28. The average molecular weight is 2000 g/mol. The zero-order valence-electron chi connectivity index (χ0n) is 73.6. The van der Waals surface area contributed by atoms with Crippen molar-refractivity contribution in [3.8, 4) is 0 Å². The van der Waals surface area contributed by atoms with Gasteiger partial charge in [0.1, 0.15) is 11.2 Å². The molecule has 18 rings (SSSR count). The molecule has 50 heteroatoms. The van der Waals surface area contributed by atoms with Crippen LogP contribution in [0.2, 0.25) is 0 Å². The maximum Gasteiger partial charge on any atom is 1.00 e. The van der Waals surface area contributed by atoms with Crippen molar-refractivity contribution in [3.05, 3.63) is 154 Å². The number of halogens is 1. The molecule has 6 atom stereocenters. The Kier molecular flexibility index (Phi) is 36.0. The van der Waals surface area contributed by atoms with Crippen molar-refractivity contribution in [2.75, 3.05) is 73.8 Å². The van der Waals surface area contributed by atoms with E-state index in [1.54, 1.807) is 76.1 Å². The van der Waals surface area contributed by atoms with Gasteiger partial charge in [-0.25, -0.2) is 29.5 Å². The number of carbonyl (C=O) groups excluding carboxylic acids is 5. The van der Waals surface area contributed by atoms with Gasteiger partial charge in [0.25, 0.3) is 0 Å². The molecule has 6 aliphatic heterocycles. The number of rotatable bonds is 19. The number of aromatic nitrogens is 9. The number of carbonyl (C=O) groups is 5. The molecule has 0 aliphatic carbocycles. The molecule has 6 saturated heterocycles. The van der Waals surface area contributed by atoms with Gasteiger partial charge in [-0.2, -0.15) is 5.53 Å². The summed E-state index contributed by atoms with van der Waals surface area (Å²) in [6, 6.07) is 21.0. The van der Waals surface area contributed by atoms with Crippen LogP contribution in [0, 0.1) is 27.8 Å². The van der Waals surface area contributed by atoms with E-state index in [-0.39, 0.29) is 109 Å². The van der Waals surface area contributed by atoms with Crippen molar-refractivity contribution in [3.63, 3.8) is 0 Å². The number of aldehydes is 3. The zero-order valence-corrected chi connectivity index (χ0v) is 82.2. The zero-order chi connectivity index (χ0) is 91.7. The minimum atomic E-state index is -0.551. The number of benzene rings is 3. The van der Waals surface area contributed by atoms with E-state index in [2.05, 4.69) is 179 Å². The molecule has 133 heavy (non-hydrogen) atoms. The number of nitrogens with zero attached hydrogens (tertiary/aromatic N) is 27. The fourth-order valence-electron chi connectivity index (χ4n) is 16.7. The van der Waals surface area contributed by atoms with Gasteiger partial charge in [0.15, 0.2) is 30.2 Å². The molecule has 15 heterocycles. The summed E-state index contributed by atoms with van der Waals surface area (Å²) in [5.74, 6) is 7.23. The SMILES string of the molecule is C.C[C@@H]1OCC2(CCN(c3nc[c-]c4nccn34)CC2)[C@@H]1NC(=O)OC(C)(C)C.C[C@@H]1OCC2(CCN(c3ncc(Sc4cccc5c(C=O)csc45)c4nccn34)CC2)[C@@H]1N.C[C@@H]1OCC2(CCN(c3ncc(Sc4cccc5c(C=O)csc45)c4nccn34)CC2)[C@@H]1NC(=O)OC(C)(C)C.N=N/N=N/N=N/N=N/N=N/N=N/N=N/N=N/N.O=Cc1csc2c(Br)cccc12.[Na+].[SH-]. The first kappa shape index (κ1) is 103. The largest absolute Gasteiger partial charge is 1.00 e. The van der Waals surface area contributed by atoms with Gasteiger partial charge in [-0.05, 0) is 214 Å². The quantitative estimate of drug-likeness (QED) is 0.00733. The fraction of sp³-hybridized carbons (Fsp3) is 0.434. The van der Waals surface area contributed by atoms with Crippen molar-refractivity contribution in [1.29, 1.82) is 5.53 Å². The van der Waals surface area contributed by atoms with E-state index in [1.807, 2.05) is 156 Å².